The maximum absolute atomic E-state index is 11.7. The molecule has 2 N–H and O–H groups in total. The van der Waals surface area contributed by atoms with E-state index in [1.54, 1.807) is 6.92 Å². The number of aromatic nitrogens is 2. The molecule has 0 aromatic carbocycles. The molecule has 1 aromatic rings. The van der Waals surface area contributed by atoms with E-state index in [1.807, 2.05) is 13.8 Å². The summed E-state index contributed by atoms with van der Waals surface area (Å²) in [6, 6.07) is 1.22. The summed E-state index contributed by atoms with van der Waals surface area (Å²) in [5.74, 6) is 0. The third-order valence-corrected chi connectivity index (χ3v) is 4.13. The van der Waals surface area contributed by atoms with Crippen molar-refractivity contribution in [1.82, 2.24) is 9.55 Å². The Morgan fingerprint density at radius 1 is 1.62 bits per heavy atom. The Labute approximate surface area is 137 Å². The van der Waals surface area contributed by atoms with Crippen molar-refractivity contribution in [3.8, 4) is 0 Å². The molecular formula is C12H20IN2O5P. The van der Waals surface area contributed by atoms with Gasteiger partial charge in [-0.3, -0.25) is 14.3 Å². The van der Waals surface area contributed by atoms with Crippen LogP contribution in [0.4, 0.5) is 0 Å². The number of hydrogen-bond acceptors (Lipinski definition) is 5. The molecule has 0 amide bonds. The Balaban J connectivity index is 0.00000106. The van der Waals surface area contributed by atoms with Gasteiger partial charge in [-0.15, -0.1) is 0 Å². The van der Waals surface area contributed by atoms with Gasteiger partial charge in [0, 0.05) is 18.7 Å². The molecule has 1 aromatic heterocycles. The van der Waals surface area contributed by atoms with Crippen molar-refractivity contribution < 1.29 is 14.4 Å². The molecule has 0 bridgehead atoms. The molecule has 9 heteroatoms. The Morgan fingerprint density at radius 3 is 2.86 bits per heavy atom. The predicted molar refractivity (Wildman–Crippen MR) is 90.1 cm³/mol. The summed E-state index contributed by atoms with van der Waals surface area (Å²) in [6.45, 7) is 6.28. The van der Waals surface area contributed by atoms with E-state index in [0.717, 1.165) is 0 Å². The van der Waals surface area contributed by atoms with Crippen LogP contribution in [0.25, 0.3) is 0 Å². The summed E-state index contributed by atoms with van der Waals surface area (Å²) >= 11 is 2.10. The van der Waals surface area contributed by atoms with Crippen molar-refractivity contribution in [3.63, 3.8) is 0 Å². The monoisotopic (exact) mass is 430 g/mol. The fraction of sp³-hybridized carbons (Fsp3) is 0.667. The molecule has 21 heavy (non-hydrogen) atoms. The number of nitrogens with one attached hydrogen (secondary N) is 1. The lowest BCUT2D eigenvalue weighted by Crippen LogP contribution is -2.40. The summed E-state index contributed by atoms with van der Waals surface area (Å²) in [5, 5.41) is 10.3. The van der Waals surface area contributed by atoms with Crippen LogP contribution < -0.4 is 11.2 Å². The Morgan fingerprint density at radius 2 is 2.29 bits per heavy atom. The second-order valence-electron chi connectivity index (χ2n) is 4.58. The average molecular weight is 430 g/mol. The molecule has 1 aliphatic rings. The van der Waals surface area contributed by atoms with Gasteiger partial charge in [-0.05, 0) is 29.0 Å². The van der Waals surface area contributed by atoms with Gasteiger partial charge in [-0.1, -0.05) is 13.8 Å². The first kappa shape index (κ1) is 18.8. The van der Waals surface area contributed by atoms with E-state index in [1.165, 1.54) is 16.8 Å². The largest absolute Gasteiger partial charge is 0.385 e. The zero-order valence-corrected chi connectivity index (χ0v) is 15.3. The first-order valence-corrected chi connectivity index (χ1v) is 10.6. The summed E-state index contributed by atoms with van der Waals surface area (Å²) < 4.78 is 12.1. The summed E-state index contributed by atoms with van der Waals surface area (Å²) in [6.07, 6.45) is 0.581. The van der Waals surface area contributed by atoms with Crippen LogP contribution in [0.5, 0.6) is 0 Å². The maximum Gasteiger partial charge on any atom is 0.330 e. The molecule has 1 fully saturated rings. The highest BCUT2D eigenvalue weighted by Gasteiger charge is 2.45. The van der Waals surface area contributed by atoms with Gasteiger partial charge in [-0.2, -0.15) is 0 Å². The molecule has 7 nitrogen and oxygen atoms in total. The van der Waals surface area contributed by atoms with Gasteiger partial charge in [0.25, 0.3) is 5.56 Å². The van der Waals surface area contributed by atoms with Crippen LogP contribution in [0, 0.1) is 0 Å². The standard InChI is InChI=1S/C10H14IN2O5P.C2H6/c1-10(16)4-6(5-17-19-11)18-8(10)13-3-2-7(14)12-9(13)15;1-2/h2-3,6,8,16,19H,4-5H2,1H3,(H,12,14,15);1-2H3/t6-,8+,10-;/m0./s1. The van der Waals surface area contributed by atoms with Crippen LogP contribution in [-0.4, -0.2) is 33.0 Å². The highest BCUT2D eigenvalue weighted by molar-refractivity contribution is 14.2. The van der Waals surface area contributed by atoms with Gasteiger partial charge in [0.2, 0.25) is 0 Å². The van der Waals surface area contributed by atoms with Gasteiger partial charge in [-0.25, -0.2) is 4.79 Å². The Hall–Kier alpha value is -0.280. The maximum atomic E-state index is 11.7. The van der Waals surface area contributed by atoms with Crippen molar-refractivity contribution >= 4 is 28.5 Å². The normalized spacial score (nSPS) is 28.6. The summed E-state index contributed by atoms with van der Waals surface area (Å²) in [7, 11) is 0. The van der Waals surface area contributed by atoms with E-state index < -0.39 is 23.1 Å². The number of ether oxygens (including phenoxy) is 1. The van der Waals surface area contributed by atoms with Crippen molar-refractivity contribution in [2.75, 3.05) is 6.61 Å². The summed E-state index contributed by atoms with van der Waals surface area (Å²) in [5.41, 5.74) is -2.27. The molecule has 4 atom stereocenters. The van der Waals surface area contributed by atoms with Gasteiger partial charge in [0.15, 0.2) is 6.23 Å². The van der Waals surface area contributed by atoms with E-state index in [9.17, 15) is 14.7 Å². The number of nitrogens with zero attached hydrogens (tertiary/aromatic N) is 1. The van der Waals surface area contributed by atoms with E-state index in [0.29, 0.717) is 19.5 Å². The third kappa shape index (κ3) is 4.85. The van der Waals surface area contributed by atoms with E-state index in [2.05, 4.69) is 27.0 Å². The quantitative estimate of drug-likeness (QED) is 0.559. The van der Waals surface area contributed by atoms with Gasteiger partial charge >= 0.3 is 5.69 Å². The van der Waals surface area contributed by atoms with Crippen LogP contribution >= 0.6 is 28.5 Å². The number of aromatic amines is 1. The van der Waals surface area contributed by atoms with Crippen molar-refractivity contribution in [2.45, 2.75) is 45.1 Å². The van der Waals surface area contributed by atoms with Gasteiger partial charge in [0.05, 0.1) is 19.2 Å². The minimum Gasteiger partial charge on any atom is -0.385 e. The van der Waals surface area contributed by atoms with Crippen molar-refractivity contribution in [1.29, 1.82) is 0 Å². The number of rotatable bonds is 4. The lowest BCUT2D eigenvalue weighted by atomic mass is 10.0. The third-order valence-electron chi connectivity index (χ3n) is 2.92. The highest BCUT2D eigenvalue weighted by atomic mass is 127. The molecule has 0 aliphatic carbocycles. The first-order chi connectivity index (χ1) is 9.94. The fourth-order valence-corrected chi connectivity index (χ4v) is 2.93. The summed E-state index contributed by atoms with van der Waals surface area (Å²) in [4.78, 5) is 24.9. The lowest BCUT2D eigenvalue weighted by Gasteiger charge is -2.24. The molecule has 0 saturated carbocycles. The molecule has 2 rings (SSSR count). The molecule has 1 saturated heterocycles. The average Bonchev–Trinajstić information content (AvgIpc) is 2.74. The van der Waals surface area contributed by atoms with E-state index >= 15 is 0 Å². The lowest BCUT2D eigenvalue weighted by molar-refractivity contribution is -0.0877. The second-order valence-corrected chi connectivity index (χ2v) is 6.34. The van der Waals surface area contributed by atoms with Gasteiger partial charge in [0.1, 0.15) is 5.60 Å². The Bertz CT molecular complexity index is 559. The van der Waals surface area contributed by atoms with Crippen molar-refractivity contribution in [3.05, 3.63) is 33.1 Å². The molecular weight excluding hydrogens is 410 g/mol. The SMILES string of the molecule is CC.C[C@]1(O)C[C@@H](COPI)O[C@H]1n1ccc(=O)[nH]c1=O. The number of H-pyrrole nitrogens is 1. The minimum atomic E-state index is -1.19. The molecule has 1 aliphatic heterocycles. The fourth-order valence-electron chi connectivity index (χ4n) is 2.14. The van der Waals surface area contributed by atoms with Crippen LogP contribution in [-0.2, 0) is 9.26 Å². The molecule has 1 unspecified atom stereocenters. The van der Waals surface area contributed by atoms with E-state index in [4.69, 9.17) is 9.26 Å². The minimum absolute atomic E-state index is 0.277. The van der Waals surface area contributed by atoms with Gasteiger partial charge < -0.3 is 14.4 Å². The highest BCUT2D eigenvalue weighted by Crippen LogP contribution is 2.38. The van der Waals surface area contributed by atoms with E-state index in [-0.39, 0.29) is 6.10 Å². The Kier molecular flexibility index (Phi) is 7.49. The number of hydrogen-bond donors (Lipinski definition) is 2. The second kappa shape index (κ2) is 8.38. The number of aliphatic hydroxyl groups is 1. The molecule has 0 spiro atoms. The number of halogens is 1. The smallest absolute Gasteiger partial charge is 0.330 e. The van der Waals surface area contributed by atoms with Crippen LogP contribution in [0.15, 0.2) is 21.9 Å². The van der Waals surface area contributed by atoms with Crippen LogP contribution in [0.3, 0.4) is 0 Å². The first-order valence-electron chi connectivity index (χ1n) is 6.61. The topological polar surface area (TPSA) is 93.5 Å². The van der Waals surface area contributed by atoms with Crippen LogP contribution in [0.1, 0.15) is 33.4 Å². The molecule has 120 valence electrons. The zero-order chi connectivity index (χ0) is 16.0. The molecule has 0 radical (unpaired) electrons. The zero-order valence-electron chi connectivity index (χ0n) is 12.1. The molecule has 2 heterocycles. The van der Waals surface area contributed by atoms with Crippen molar-refractivity contribution in [2.24, 2.45) is 0 Å². The van der Waals surface area contributed by atoms with Crippen LogP contribution in [0.2, 0.25) is 0 Å². The predicted octanol–water partition coefficient (Wildman–Crippen LogP) is 1.56.